The van der Waals surface area contributed by atoms with Gasteiger partial charge in [0, 0.05) is 18.9 Å². The lowest BCUT2D eigenvalue weighted by Crippen LogP contribution is -2.43. The highest BCUT2D eigenvalue weighted by atomic mass is 16.7. The zero-order valence-electron chi connectivity index (χ0n) is 25.7. The van der Waals surface area contributed by atoms with E-state index in [2.05, 4.69) is 4.98 Å². The van der Waals surface area contributed by atoms with E-state index in [9.17, 15) is 14.7 Å². The Balaban J connectivity index is 1.39. The number of nitrogens with one attached hydrogen (secondary N) is 1. The lowest BCUT2D eigenvalue weighted by atomic mass is 9.80. The number of rotatable bonds is 11. The molecule has 11 heteroatoms. The fraction of sp³-hybridized carbons (Fsp3) is 0.371. The number of aliphatic hydroxyl groups excluding tert-OH is 1. The number of H-pyrrole nitrogens is 1. The molecule has 1 aromatic heterocycles. The van der Waals surface area contributed by atoms with Crippen molar-refractivity contribution in [2.45, 2.75) is 55.7 Å². The van der Waals surface area contributed by atoms with Gasteiger partial charge >= 0.3 is 5.69 Å². The quantitative estimate of drug-likeness (QED) is 0.238. The number of ether oxygens (including phenoxy) is 6. The highest BCUT2D eigenvalue weighted by Gasteiger charge is 2.49. The van der Waals surface area contributed by atoms with Gasteiger partial charge in [-0.05, 0) is 60.2 Å². The SMILES string of the molecule is COc1ccc(C(OC[C@@H]2O[C@@H](n3ccc(=O)[nH]c3=O)[C@H](O[C@H]3CCCCO3)[C@@H]2O)(c2ccccc2)c2ccc(OC)cc2)cc1. The second kappa shape index (κ2) is 14.0. The number of hydrogen-bond donors (Lipinski definition) is 2. The maximum absolute atomic E-state index is 12.9. The van der Waals surface area contributed by atoms with Gasteiger partial charge in [-0.15, -0.1) is 0 Å². The van der Waals surface area contributed by atoms with E-state index in [0.29, 0.717) is 24.5 Å². The average molecular weight is 631 g/mol. The Morgan fingerprint density at radius 3 is 2.07 bits per heavy atom. The summed E-state index contributed by atoms with van der Waals surface area (Å²) in [5.41, 5.74) is 0.0926. The van der Waals surface area contributed by atoms with Crippen LogP contribution in [0.5, 0.6) is 11.5 Å². The first-order chi connectivity index (χ1) is 22.4. The first kappa shape index (κ1) is 31.7. The molecule has 5 atom stereocenters. The smallest absolute Gasteiger partial charge is 0.330 e. The van der Waals surface area contributed by atoms with E-state index in [-0.39, 0.29) is 6.61 Å². The first-order valence-electron chi connectivity index (χ1n) is 15.3. The second-order valence-electron chi connectivity index (χ2n) is 11.3. The Morgan fingerprint density at radius 2 is 1.50 bits per heavy atom. The molecule has 0 bridgehead atoms. The molecule has 0 radical (unpaired) electrons. The van der Waals surface area contributed by atoms with Gasteiger partial charge in [0.25, 0.3) is 5.56 Å². The molecule has 46 heavy (non-hydrogen) atoms. The predicted molar refractivity (Wildman–Crippen MR) is 168 cm³/mol. The van der Waals surface area contributed by atoms with Gasteiger partial charge in [-0.25, -0.2) is 4.79 Å². The van der Waals surface area contributed by atoms with Crippen LogP contribution in [0.4, 0.5) is 0 Å². The Kier molecular flexibility index (Phi) is 9.67. The zero-order valence-corrected chi connectivity index (χ0v) is 25.7. The lowest BCUT2D eigenvalue weighted by molar-refractivity contribution is -0.215. The molecule has 3 aromatic carbocycles. The largest absolute Gasteiger partial charge is 0.497 e. The van der Waals surface area contributed by atoms with Crippen LogP contribution in [0.15, 0.2) is 101 Å². The van der Waals surface area contributed by atoms with Crippen molar-refractivity contribution in [1.82, 2.24) is 9.55 Å². The molecule has 0 unspecified atom stereocenters. The third kappa shape index (κ3) is 6.37. The minimum Gasteiger partial charge on any atom is -0.497 e. The number of hydrogen-bond acceptors (Lipinski definition) is 9. The van der Waals surface area contributed by atoms with E-state index >= 15 is 0 Å². The van der Waals surface area contributed by atoms with E-state index in [1.807, 2.05) is 78.9 Å². The summed E-state index contributed by atoms with van der Waals surface area (Å²) in [6, 6.07) is 26.2. The van der Waals surface area contributed by atoms with Crippen molar-refractivity contribution in [3.63, 3.8) is 0 Å². The summed E-state index contributed by atoms with van der Waals surface area (Å²) in [6.07, 6.45) is -0.910. The average Bonchev–Trinajstić information content (AvgIpc) is 3.40. The predicted octanol–water partition coefficient (Wildman–Crippen LogP) is 3.73. The normalized spacial score (nSPS) is 23.2. The number of methoxy groups -OCH3 is 2. The van der Waals surface area contributed by atoms with Gasteiger partial charge in [0.1, 0.15) is 35.4 Å². The maximum Gasteiger partial charge on any atom is 0.330 e. The molecule has 242 valence electrons. The highest BCUT2D eigenvalue weighted by molar-refractivity contribution is 5.49. The molecule has 0 spiro atoms. The lowest BCUT2D eigenvalue weighted by Gasteiger charge is -2.37. The fourth-order valence-electron chi connectivity index (χ4n) is 6.13. The van der Waals surface area contributed by atoms with Crippen molar-refractivity contribution in [1.29, 1.82) is 0 Å². The molecule has 6 rings (SSSR count). The van der Waals surface area contributed by atoms with Crippen molar-refractivity contribution in [3.8, 4) is 11.5 Å². The summed E-state index contributed by atoms with van der Waals surface area (Å²) in [7, 11) is 3.22. The monoisotopic (exact) mass is 630 g/mol. The van der Waals surface area contributed by atoms with Crippen molar-refractivity contribution in [2.75, 3.05) is 27.4 Å². The third-order valence-electron chi connectivity index (χ3n) is 8.52. The molecule has 2 aliphatic rings. The molecule has 11 nitrogen and oxygen atoms in total. The van der Waals surface area contributed by atoms with Crippen LogP contribution in [0.1, 0.15) is 42.2 Å². The Bertz CT molecular complexity index is 1630. The van der Waals surface area contributed by atoms with Crippen LogP contribution in [0.3, 0.4) is 0 Å². The Morgan fingerprint density at radius 1 is 0.870 bits per heavy atom. The van der Waals surface area contributed by atoms with Gasteiger partial charge < -0.3 is 33.5 Å². The molecular formula is C35H38N2O9. The number of benzene rings is 3. The van der Waals surface area contributed by atoms with E-state index in [0.717, 1.165) is 29.5 Å². The van der Waals surface area contributed by atoms with Crippen LogP contribution in [0, 0.1) is 0 Å². The minimum atomic E-state index is -1.20. The van der Waals surface area contributed by atoms with Crippen LogP contribution in [0.2, 0.25) is 0 Å². The van der Waals surface area contributed by atoms with Gasteiger partial charge in [-0.1, -0.05) is 54.6 Å². The van der Waals surface area contributed by atoms with E-state index in [1.54, 1.807) is 14.2 Å². The van der Waals surface area contributed by atoms with E-state index in [1.165, 1.54) is 16.8 Å². The number of aliphatic hydroxyl groups is 1. The van der Waals surface area contributed by atoms with Gasteiger partial charge in [-0.3, -0.25) is 14.3 Å². The molecule has 2 aliphatic heterocycles. The summed E-state index contributed by atoms with van der Waals surface area (Å²) in [6.45, 7) is 0.446. The molecule has 2 N–H and O–H groups in total. The third-order valence-corrected chi connectivity index (χ3v) is 8.52. The summed E-state index contributed by atoms with van der Waals surface area (Å²) in [5.74, 6) is 1.38. The standard InChI is InChI=1S/C35H38N2O9/c1-41-26-15-11-24(12-16-26)35(23-8-4-3-5-9-23,25-13-17-27(42-2)18-14-25)44-22-28-31(39)32(46-30-10-6-7-21-43-30)33(45-28)37-20-19-29(38)36-34(37)40/h3-5,8-9,11-20,28,30-33,39H,6-7,10,21-22H2,1-2H3,(H,36,38,40)/t28-,30-,31+,32+,33+/m0/s1. The highest BCUT2D eigenvalue weighted by Crippen LogP contribution is 2.43. The van der Waals surface area contributed by atoms with E-state index in [4.69, 9.17) is 28.4 Å². The van der Waals surface area contributed by atoms with Gasteiger partial charge in [0.2, 0.25) is 0 Å². The van der Waals surface area contributed by atoms with Crippen molar-refractivity contribution < 1.29 is 33.5 Å². The number of aromatic amines is 1. The van der Waals surface area contributed by atoms with E-state index < -0.39 is 47.7 Å². The van der Waals surface area contributed by atoms with Crippen LogP contribution in [0.25, 0.3) is 0 Å². The van der Waals surface area contributed by atoms with Gasteiger partial charge in [0.05, 0.1) is 20.8 Å². The zero-order chi connectivity index (χ0) is 32.1. The fourth-order valence-corrected chi connectivity index (χ4v) is 6.13. The summed E-state index contributed by atoms with van der Waals surface area (Å²) < 4.78 is 37.5. The summed E-state index contributed by atoms with van der Waals surface area (Å²) in [4.78, 5) is 27.0. The van der Waals surface area contributed by atoms with Crippen LogP contribution < -0.4 is 20.7 Å². The van der Waals surface area contributed by atoms with Crippen molar-refractivity contribution in [2.24, 2.45) is 0 Å². The summed E-state index contributed by atoms with van der Waals surface area (Å²) in [5, 5.41) is 11.7. The molecule has 0 saturated carbocycles. The molecule has 0 aliphatic carbocycles. The van der Waals surface area contributed by atoms with Crippen LogP contribution in [-0.2, 0) is 24.5 Å². The van der Waals surface area contributed by atoms with Gasteiger partial charge in [0.15, 0.2) is 12.5 Å². The van der Waals surface area contributed by atoms with Crippen LogP contribution in [-0.4, -0.2) is 66.7 Å². The summed E-state index contributed by atoms with van der Waals surface area (Å²) >= 11 is 0. The van der Waals surface area contributed by atoms with Crippen LogP contribution >= 0.6 is 0 Å². The Hall–Kier alpha value is -4.26. The molecule has 2 fully saturated rings. The minimum absolute atomic E-state index is 0.0892. The Labute approximate surface area is 266 Å². The second-order valence-corrected chi connectivity index (χ2v) is 11.3. The van der Waals surface area contributed by atoms with Gasteiger partial charge in [-0.2, -0.15) is 0 Å². The van der Waals surface area contributed by atoms with Crippen molar-refractivity contribution in [3.05, 3.63) is 129 Å². The maximum atomic E-state index is 12.9. The number of aromatic nitrogens is 2. The molecule has 0 amide bonds. The first-order valence-corrected chi connectivity index (χ1v) is 15.3. The topological polar surface area (TPSA) is 130 Å². The number of nitrogens with zero attached hydrogens (tertiary/aromatic N) is 1. The molecular weight excluding hydrogens is 592 g/mol. The molecule has 4 aromatic rings. The van der Waals surface area contributed by atoms with Crippen molar-refractivity contribution >= 4 is 0 Å². The molecule has 3 heterocycles. The molecule has 2 saturated heterocycles.